The van der Waals surface area contributed by atoms with Gasteiger partial charge in [0.05, 0.1) is 51.1 Å². The van der Waals surface area contributed by atoms with Crippen molar-refractivity contribution < 1.29 is 52.5 Å². The first-order valence-corrected chi connectivity index (χ1v) is 29.5. The Labute approximate surface area is 484 Å². The Morgan fingerprint density at radius 2 is 1.26 bits per heavy atom. The van der Waals surface area contributed by atoms with E-state index in [1.54, 1.807) is 70.1 Å². The van der Waals surface area contributed by atoms with Crippen LogP contribution >= 0.6 is 21.6 Å². The monoisotopic (exact) mass is 1150 g/mol. The summed E-state index contributed by atoms with van der Waals surface area (Å²) in [4.78, 5) is 99.8. The maximum absolute atomic E-state index is 14.2. The van der Waals surface area contributed by atoms with E-state index in [0.717, 1.165) is 47.3 Å². The molecule has 0 aliphatic carbocycles. The van der Waals surface area contributed by atoms with Crippen molar-refractivity contribution in [3.05, 3.63) is 130 Å². The number of aliphatic imine (C=N–C) groups is 1. The van der Waals surface area contributed by atoms with Gasteiger partial charge in [-0.2, -0.15) is 0 Å². The Bertz CT molecular complexity index is 3320. The molecule has 4 aliphatic heterocycles. The molecule has 4 heterocycles. The number of hydrogen-bond acceptors (Lipinski definition) is 14. The van der Waals surface area contributed by atoms with Crippen molar-refractivity contribution in [1.29, 1.82) is 0 Å². The molecule has 0 aromatic heterocycles. The lowest BCUT2D eigenvalue weighted by Gasteiger charge is -2.24. The highest BCUT2D eigenvalue weighted by molar-refractivity contribution is 8.77. The van der Waals surface area contributed by atoms with Crippen molar-refractivity contribution in [1.82, 2.24) is 21.3 Å². The van der Waals surface area contributed by atoms with Gasteiger partial charge in [0.25, 0.3) is 11.8 Å². The van der Waals surface area contributed by atoms with Gasteiger partial charge in [-0.05, 0) is 122 Å². The second-order valence-electron chi connectivity index (χ2n) is 21.2. The van der Waals surface area contributed by atoms with Crippen molar-refractivity contribution in [3.63, 3.8) is 0 Å². The van der Waals surface area contributed by atoms with E-state index in [2.05, 4.69) is 39.6 Å². The van der Waals surface area contributed by atoms with E-state index >= 15 is 0 Å². The number of rotatable bonds is 24. The molecule has 5 aromatic carbocycles. The number of para-hydroxylation sites is 2. The molecule has 7 amide bonds. The number of methoxy groups -OCH3 is 2. The average molecular weight is 1150 g/mol. The third kappa shape index (κ3) is 14.2. The van der Waals surface area contributed by atoms with Crippen LogP contribution in [-0.2, 0) is 56.4 Å². The van der Waals surface area contributed by atoms with Crippen LogP contribution in [0.2, 0.25) is 0 Å². The molecule has 9 rings (SSSR count). The van der Waals surface area contributed by atoms with E-state index in [1.165, 1.54) is 14.2 Å². The second-order valence-corrected chi connectivity index (χ2v) is 24.5. The highest BCUT2D eigenvalue weighted by Gasteiger charge is 2.39. The molecule has 1 unspecified atom stereocenters. The van der Waals surface area contributed by atoms with Gasteiger partial charge in [-0.1, -0.05) is 64.9 Å². The summed E-state index contributed by atoms with van der Waals surface area (Å²) in [6.45, 7) is 4.94. The van der Waals surface area contributed by atoms with E-state index in [0.29, 0.717) is 82.3 Å². The Balaban J connectivity index is 0.835. The van der Waals surface area contributed by atoms with Gasteiger partial charge < -0.3 is 50.4 Å². The van der Waals surface area contributed by atoms with Crippen molar-refractivity contribution in [2.45, 2.75) is 107 Å². The molecule has 0 radical (unpaired) electrons. The standard InChI is InChI=1S/C61H68N8O11S2/c1-36(15-18-54(70)62-4)81-82-61(2,3)20-19-55(71)64-31-56(72)65-32-57(73)66-33-58(74)67-42-22-37(34-79-52-26-39-16-17-43-24-40-11-7-9-13-48(40)68(43)59(75)45(39)27-50(52)77-5)21-38(23-42)35-80-53-29-47-46(28-51(53)78-6)60(76)69-44(30-63-47)25-41-12-8-10-14-49(41)69/h7-14,21-23,26-30,36,43-44H,15-20,24-25,31-35H2,1-6H3,(H,62,70)(H,64,71)(H,65,72)(H,66,73)(H,67,74)/t36?,43-,44+/m1/s1. The molecule has 21 heteroatoms. The maximum Gasteiger partial charge on any atom is 0.261 e. The summed E-state index contributed by atoms with van der Waals surface area (Å²) < 4.78 is 24.2. The summed E-state index contributed by atoms with van der Waals surface area (Å²) in [5, 5.41) is 13.3. The number of carbonyl (C=O) groups is 7. The van der Waals surface area contributed by atoms with Gasteiger partial charge in [-0.15, -0.1) is 0 Å². The number of amides is 7. The fourth-order valence-corrected chi connectivity index (χ4v) is 13.0. The Hall–Kier alpha value is -8.04. The lowest BCUT2D eigenvalue weighted by Crippen LogP contribution is -2.43. The molecule has 19 nitrogen and oxygen atoms in total. The number of nitrogens with one attached hydrogen (secondary N) is 5. The van der Waals surface area contributed by atoms with Crippen LogP contribution in [0.4, 0.5) is 22.7 Å². The Morgan fingerprint density at radius 3 is 1.91 bits per heavy atom. The third-order valence-electron chi connectivity index (χ3n) is 14.7. The van der Waals surface area contributed by atoms with Crippen LogP contribution in [0.15, 0.2) is 96.0 Å². The third-order valence-corrected chi connectivity index (χ3v) is 18.6. The number of nitrogens with zero attached hydrogens (tertiary/aromatic N) is 3. The zero-order valence-corrected chi connectivity index (χ0v) is 48.4. The first-order chi connectivity index (χ1) is 39.5. The molecule has 0 bridgehead atoms. The molecule has 4 aliphatic rings. The van der Waals surface area contributed by atoms with E-state index in [-0.39, 0.29) is 71.9 Å². The van der Waals surface area contributed by atoms with E-state index in [9.17, 15) is 33.6 Å². The molecule has 0 saturated carbocycles. The van der Waals surface area contributed by atoms with Crippen LogP contribution in [0.5, 0.6) is 23.0 Å². The van der Waals surface area contributed by atoms with Crippen LogP contribution in [0.1, 0.15) is 101 Å². The Kier molecular flexibility index (Phi) is 18.8. The summed E-state index contributed by atoms with van der Waals surface area (Å²) in [7, 11) is 7.97. The van der Waals surface area contributed by atoms with Crippen LogP contribution in [-0.4, -0.2) is 111 Å². The highest BCUT2D eigenvalue weighted by atomic mass is 33.1. The van der Waals surface area contributed by atoms with Gasteiger partial charge in [-0.25, -0.2) is 0 Å². The number of aryl methyl sites for hydroxylation is 1. The molecular weight excluding hydrogens is 1080 g/mol. The SMILES string of the molecule is CNC(=O)CCC(C)SSC(C)(C)CCC(=O)NCC(=O)NCC(=O)NCC(=O)Nc1cc(COc2cc3c(cc2OC)C(=O)N2c4ccccc4C[C@H]2CC3)cc(COc2cc3c(cc2OC)C(=O)N2c4ccccc4C[C@H]2C=N3)c1. The molecule has 3 atom stereocenters. The molecule has 5 aromatic rings. The van der Waals surface area contributed by atoms with Crippen LogP contribution in [0.3, 0.4) is 0 Å². The number of anilines is 3. The van der Waals surface area contributed by atoms with Gasteiger partial charge in [-0.3, -0.25) is 43.5 Å². The van der Waals surface area contributed by atoms with Crippen LogP contribution in [0, 0.1) is 0 Å². The molecule has 0 spiro atoms. The fraction of sp³-hybridized carbons (Fsp3) is 0.377. The molecule has 5 N–H and O–H groups in total. The lowest BCUT2D eigenvalue weighted by atomic mass is 9.99. The predicted octanol–water partition coefficient (Wildman–Crippen LogP) is 7.81. The maximum atomic E-state index is 14.2. The van der Waals surface area contributed by atoms with Gasteiger partial charge >= 0.3 is 0 Å². The molecule has 0 fully saturated rings. The zero-order valence-electron chi connectivity index (χ0n) is 46.8. The van der Waals surface area contributed by atoms with Crippen molar-refractivity contribution in [2.24, 2.45) is 4.99 Å². The van der Waals surface area contributed by atoms with E-state index < -0.39 is 30.8 Å². The van der Waals surface area contributed by atoms with E-state index in [4.69, 9.17) is 23.9 Å². The summed E-state index contributed by atoms with van der Waals surface area (Å²) in [5.41, 5.74) is 7.80. The first-order valence-electron chi connectivity index (χ1n) is 27.3. The van der Waals surface area contributed by atoms with Gasteiger partial charge in [0.2, 0.25) is 29.5 Å². The number of fused-ring (bicyclic) bond motifs is 8. The van der Waals surface area contributed by atoms with Crippen molar-refractivity contribution >= 4 is 91.9 Å². The topological polar surface area (TPSA) is 235 Å². The normalized spacial score (nSPS) is 15.9. The van der Waals surface area contributed by atoms with Crippen LogP contribution in [0.25, 0.3) is 0 Å². The zero-order chi connectivity index (χ0) is 58.1. The summed E-state index contributed by atoms with van der Waals surface area (Å²) >= 11 is 0. The molecular formula is C61H68N8O11S2. The first kappa shape index (κ1) is 58.6. The summed E-state index contributed by atoms with van der Waals surface area (Å²) in [6.07, 6.45) is 6.58. The number of ether oxygens (including phenoxy) is 4. The lowest BCUT2D eigenvalue weighted by molar-refractivity contribution is -0.128. The largest absolute Gasteiger partial charge is 0.493 e. The van der Waals surface area contributed by atoms with Crippen LogP contribution < -0.4 is 55.3 Å². The highest BCUT2D eigenvalue weighted by Crippen LogP contribution is 2.44. The van der Waals surface area contributed by atoms with Crippen molar-refractivity contribution in [2.75, 3.05) is 56.0 Å². The minimum atomic E-state index is -0.626. The Morgan fingerprint density at radius 1 is 0.671 bits per heavy atom. The summed E-state index contributed by atoms with van der Waals surface area (Å²) in [6, 6.07) is 27.8. The fourth-order valence-electron chi connectivity index (χ4n) is 10.3. The molecule has 430 valence electrons. The number of carbonyl (C=O) groups excluding carboxylic acids is 7. The predicted molar refractivity (Wildman–Crippen MR) is 318 cm³/mol. The van der Waals surface area contributed by atoms with Gasteiger partial charge in [0.1, 0.15) is 13.2 Å². The second kappa shape index (κ2) is 26.3. The number of benzene rings is 5. The smallest absolute Gasteiger partial charge is 0.261 e. The van der Waals surface area contributed by atoms with Gasteiger partial charge in [0, 0.05) is 77.3 Å². The van der Waals surface area contributed by atoms with Gasteiger partial charge in [0.15, 0.2) is 23.0 Å². The quantitative estimate of drug-likeness (QED) is 0.0372. The van der Waals surface area contributed by atoms with Crippen molar-refractivity contribution in [3.8, 4) is 23.0 Å². The number of hydrogen-bond donors (Lipinski definition) is 5. The average Bonchev–Trinajstić information content (AvgIpc) is 4.19. The summed E-state index contributed by atoms with van der Waals surface area (Å²) in [5.74, 6) is -0.891. The van der Waals surface area contributed by atoms with E-state index in [1.807, 2.05) is 73.3 Å². The minimum absolute atomic E-state index is 0.00120. The molecule has 0 saturated heterocycles. The molecule has 82 heavy (non-hydrogen) atoms. The minimum Gasteiger partial charge on any atom is -0.493 e.